The Morgan fingerprint density at radius 2 is 1.76 bits per heavy atom. The number of alkyl halides is 1. The van der Waals surface area contributed by atoms with Crippen LogP contribution in [0.3, 0.4) is 0 Å². The Balaban J connectivity index is 0.00000187. The molecule has 1 aliphatic rings. The standard InChI is InChI=1S/C27H35FN2S.C2H6/c1-4-25-10-7-23(19-26(25)13-16-29-3)6-5-22-14-17-30(18-15-22)20-24-8-11-27(12-9-24)31-21(2)28;1-2/h4,7-13,16,19,21-22,29H,1,5-6,14-15,17-18,20H2,2-3H3;1-2H3/b16-13-;. The van der Waals surface area contributed by atoms with Crippen molar-refractivity contribution in [3.8, 4) is 0 Å². The highest BCUT2D eigenvalue weighted by molar-refractivity contribution is 7.99. The number of aryl methyl sites for hydroxylation is 1. The van der Waals surface area contributed by atoms with E-state index in [9.17, 15) is 4.39 Å². The summed E-state index contributed by atoms with van der Waals surface area (Å²) >= 11 is 1.27. The molecule has 1 unspecified atom stereocenters. The minimum Gasteiger partial charge on any atom is -0.394 e. The number of nitrogens with one attached hydrogen (secondary N) is 1. The van der Waals surface area contributed by atoms with Gasteiger partial charge in [0.25, 0.3) is 0 Å². The lowest BCUT2D eigenvalue weighted by molar-refractivity contribution is 0.172. The van der Waals surface area contributed by atoms with Crippen molar-refractivity contribution in [1.82, 2.24) is 10.2 Å². The van der Waals surface area contributed by atoms with E-state index in [2.05, 4.69) is 53.2 Å². The highest BCUT2D eigenvalue weighted by Gasteiger charge is 2.19. The molecule has 0 amide bonds. The summed E-state index contributed by atoms with van der Waals surface area (Å²) in [5, 5.41) is 3.07. The Kier molecular flexibility index (Phi) is 12.3. The topological polar surface area (TPSA) is 15.3 Å². The number of thioether (sulfide) groups is 1. The lowest BCUT2D eigenvalue weighted by Crippen LogP contribution is -2.33. The van der Waals surface area contributed by atoms with Crippen LogP contribution in [0.2, 0.25) is 0 Å². The monoisotopic (exact) mass is 468 g/mol. The predicted octanol–water partition coefficient (Wildman–Crippen LogP) is 7.80. The Bertz CT molecular complexity index is 852. The van der Waals surface area contributed by atoms with Gasteiger partial charge in [-0.2, -0.15) is 0 Å². The van der Waals surface area contributed by atoms with Crippen LogP contribution in [-0.2, 0) is 13.0 Å². The van der Waals surface area contributed by atoms with E-state index in [0.717, 1.165) is 36.9 Å². The summed E-state index contributed by atoms with van der Waals surface area (Å²) in [6.07, 6.45) is 10.9. The number of likely N-dealkylation sites (tertiary alicyclic amines) is 1. The van der Waals surface area contributed by atoms with Gasteiger partial charge in [-0.05, 0) is 98.3 Å². The third-order valence-corrected chi connectivity index (χ3v) is 6.85. The SMILES string of the molecule is C=Cc1ccc(CCC2CCN(Cc3ccc(SC(C)F)cc3)CC2)cc1/C=C\NC.CC. The molecule has 0 bridgehead atoms. The van der Waals surface area contributed by atoms with Crippen LogP contribution >= 0.6 is 11.8 Å². The number of piperidine rings is 1. The molecule has 0 saturated carbocycles. The second-order valence-corrected chi connectivity index (χ2v) is 9.71. The van der Waals surface area contributed by atoms with Crippen LogP contribution in [0, 0.1) is 5.92 Å². The summed E-state index contributed by atoms with van der Waals surface area (Å²) in [5.41, 5.74) is 4.26. The first-order valence-electron chi connectivity index (χ1n) is 12.3. The van der Waals surface area contributed by atoms with Gasteiger partial charge in [-0.3, -0.25) is 4.90 Å². The molecule has 1 heterocycles. The van der Waals surface area contributed by atoms with Crippen LogP contribution in [0.15, 0.2) is 60.1 Å². The second kappa shape index (κ2) is 15.0. The highest BCUT2D eigenvalue weighted by atomic mass is 32.2. The summed E-state index contributed by atoms with van der Waals surface area (Å²) < 4.78 is 13.1. The fourth-order valence-corrected chi connectivity index (χ4v) is 4.87. The van der Waals surface area contributed by atoms with Gasteiger partial charge >= 0.3 is 0 Å². The molecule has 0 aromatic heterocycles. The molecular formula is C29H41FN2S. The van der Waals surface area contributed by atoms with E-state index < -0.39 is 5.50 Å². The average molecular weight is 469 g/mol. The Morgan fingerprint density at radius 3 is 2.36 bits per heavy atom. The normalized spacial score (nSPS) is 15.7. The second-order valence-electron chi connectivity index (χ2n) is 8.35. The zero-order valence-electron chi connectivity index (χ0n) is 20.8. The number of rotatable bonds is 10. The Morgan fingerprint density at radius 1 is 1.09 bits per heavy atom. The van der Waals surface area contributed by atoms with Crippen LogP contribution in [0.5, 0.6) is 0 Å². The van der Waals surface area contributed by atoms with Crippen LogP contribution in [0.4, 0.5) is 4.39 Å². The van der Waals surface area contributed by atoms with Crippen LogP contribution in [0.1, 0.15) is 62.3 Å². The summed E-state index contributed by atoms with van der Waals surface area (Å²) in [4.78, 5) is 3.55. The molecule has 2 nitrogen and oxygen atoms in total. The number of hydrogen-bond donors (Lipinski definition) is 1. The van der Waals surface area contributed by atoms with Crippen molar-refractivity contribution in [3.63, 3.8) is 0 Å². The number of nitrogens with zero attached hydrogens (tertiary/aromatic N) is 1. The molecule has 0 aliphatic carbocycles. The fourth-order valence-electron chi connectivity index (χ4n) is 4.21. The van der Waals surface area contributed by atoms with Crippen molar-refractivity contribution >= 4 is 23.9 Å². The molecule has 4 heteroatoms. The van der Waals surface area contributed by atoms with Gasteiger partial charge in [0, 0.05) is 18.5 Å². The lowest BCUT2D eigenvalue weighted by atomic mass is 9.89. The van der Waals surface area contributed by atoms with Crippen molar-refractivity contribution in [3.05, 3.63) is 77.5 Å². The van der Waals surface area contributed by atoms with Crippen molar-refractivity contribution in [2.45, 2.75) is 63.4 Å². The van der Waals surface area contributed by atoms with Crippen LogP contribution in [0.25, 0.3) is 12.2 Å². The molecule has 1 atom stereocenters. The molecule has 2 aromatic rings. The summed E-state index contributed by atoms with van der Waals surface area (Å²) in [6, 6.07) is 15.1. The van der Waals surface area contributed by atoms with Gasteiger partial charge in [0.2, 0.25) is 0 Å². The zero-order valence-corrected chi connectivity index (χ0v) is 21.6. The minimum atomic E-state index is -0.860. The van der Waals surface area contributed by atoms with Gasteiger partial charge in [0.1, 0.15) is 5.50 Å². The molecular weight excluding hydrogens is 427 g/mol. The maximum atomic E-state index is 13.1. The van der Waals surface area contributed by atoms with E-state index in [0.29, 0.717) is 0 Å². The molecule has 1 fully saturated rings. The van der Waals surface area contributed by atoms with Gasteiger partial charge in [-0.1, -0.05) is 68.6 Å². The third-order valence-electron chi connectivity index (χ3n) is 5.98. The summed E-state index contributed by atoms with van der Waals surface area (Å²) in [5.74, 6) is 0.802. The van der Waals surface area contributed by atoms with Gasteiger partial charge in [-0.15, -0.1) is 0 Å². The molecule has 180 valence electrons. The third kappa shape index (κ3) is 9.38. The largest absolute Gasteiger partial charge is 0.394 e. The van der Waals surface area contributed by atoms with E-state index in [1.165, 1.54) is 53.3 Å². The first-order valence-corrected chi connectivity index (χ1v) is 13.2. The maximum absolute atomic E-state index is 13.1. The van der Waals surface area contributed by atoms with E-state index in [1.807, 2.05) is 45.3 Å². The Hall–Kier alpha value is -2.04. The van der Waals surface area contributed by atoms with Gasteiger partial charge in [-0.25, -0.2) is 4.39 Å². The molecule has 3 rings (SSSR count). The van der Waals surface area contributed by atoms with E-state index in [1.54, 1.807) is 6.92 Å². The lowest BCUT2D eigenvalue weighted by Gasteiger charge is -2.32. The predicted molar refractivity (Wildman–Crippen MR) is 145 cm³/mol. The number of benzene rings is 2. The first-order chi connectivity index (χ1) is 16.1. The molecule has 1 aliphatic heterocycles. The number of hydrogen-bond acceptors (Lipinski definition) is 3. The van der Waals surface area contributed by atoms with Gasteiger partial charge in [0.15, 0.2) is 0 Å². The van der Waals surface area contributed by atoms with Crippen LogP contribution < -0.4 is 5.32 Å². The summed E-state index contributed by atoms with van der Waals surface area (Å²) in [7, 11) is 1.92. The molecule has 1 N–H and O–H groups in total. The average Bonchev–Trinajstić information content (AvgIpc) is 2.84. The van der Waals surface area contributed by atoms with Crippen molar-refractivity contribution < 1.29 is 4.39 Å². The Labute approximate surface area is 205 Å². The zero-order chi connectivity index (χ0) is 24.1. The molecule has 2 aromatic carbocycles. The van der Waals surface area contributed by atoms with Crippen molar-refractivity contribution in [2.75, 3.05) is 20.1 Å². The van der Waals surface area contributed by atoms with E-state index in [-0.39, 0.29) is 0 Å². The molecule has 0 spiro atoms. The van der Waals surface area contributed by atoms with Gasteiger partial charge in [0.05, 0.1) is 0 Å². The van der Waals surface area contributed by atoms with E-state index in [4.69, 9.17) is 0 Å². The first kappa shape index (κ1) is 27.2. The minimum absolute atomic E-state index is 0.802. The van der Waals surface area contributed by atoms with Crippen molar-refractivity contribution in [2.24, 2.45) is 5.92 Å². The maximum Gasteiger partial charge on any atom is 0.147 e. The smallest absolute Gasteiger partial charge is 0.147 e. The fraction of sp³-hybridized carbons (Fsp3) is 0.448. The van der Waals surface area contributed by atoms with Crippen molar-refractivity contribution in [1.29, 1.82) is 0 Å². The molecule has 1 saturated heterocycles. The van der Waals surface area contributed by atoms with Gasteiger partial charge < -0.3 is 5.32 Å². The van der Waals surface area contributed by atoms with Crippen LogP contribution in [-0.4, -0.2) is 30.5 Å². The summed E-state index contributed by atoms with van der Waals surface area (Å²) in [6.45, 7) is 12.8. The molecule has 33 heavy (non-hydrogen) atoms. The van der Waals surface area contributed by atoms with E-state index >= 15 is 0 Å². The quantitative estimate of drug-likeness (QED) is 0.358. The number of halogens is 1. The molecule has 0 radical (unpaired) electrons. The highest BCUT2D eigenvalue weighted by Crippen LogP contribution is 2.27.